The lowest BCUT2D eigenvalue weighted by Gasteiger charge is -1.97. The first-order valence-electron chi connectivity index (χ1n) is 4.52. The van der Waals surface area contributed by atoms with Gasteiger partial charge in [0.1, 0.15) is 0 Å². The number of hydrogen-bond acceptors (Lipinski definition) is 2. The molecule has 1 aromatic heterocycles. The summed E-state index contributed by atoms with van der Waals surface area (Å²) in [5.41, 5.74) is 2.16. The van der Waals surface area contributed by atoms with Gasteiger partial charge in [0.2, 0.25) is 0 Å². The van der Waals surface area contributed by atoms with Gasteiger partial charge in [0.15, 0.2) is 0 Å². The average molecular weight is 201 g/mol. The van der Waals surface area contributed by atoms with E-state index in [1.165, 1.54) is 5.39 Å². The Morgan fingerprint density at radius 2 is 2.14 bits per heavy atom. The Bertz CT molecular complexity index is 463. The fourth-order valence-corrected chi connectivity index (χ4v) is 1.47. The van der Waals surface area contributed by atoms with Gasteiger partial charge < -0.3 is 0 Å². The van der Waals surface area contributed by atoms with Gasteiger partial charge in [-0.2, -0.15) is 12.6 Å². The number of nitrogens with zero attached hydrogens (tertiary/aromatic N) is 1. The van der Waals surface area contributed by atoms with Crippen LogP contribution in [-0.4, -0.2) is 10.7 Å². The highest BCUT2D eigenvalue weighted by Crippen LogP contribution is 2.13. The van der Waals surface area contributed by atoms with Crippen LogP contribution in [0.5, 0.6) is 0 Å². The lowest BCUT2D eigenvalue weighted by molar-refractivity contribution is 1.40. The maximum Gasteiger partial charge on any atom is 0.0702 e. The number of benzene rings is 1. The molecule has 14 heavy (non-hydrogen) atoms. The summed E-state index contributed by atoms with van der Waals surface area (Å²) in [6.07, 6.45) is 5.92. The summed E-state index contributed by atoms with van der Waals surface area (Å²) in [6, 6.07) is 10.2. The Balaban J connectivity index is 2.46. The fourth-order valence-electron chi connectivity index (χ4n) is 1.37. The van der Waals surface area contributed by atoms with E-state index in [1.54, 1.807) is 0 Å². The Kier molecular flexibility index (Phi) is 2.84. The average Bonchev–Trinajstić information content (AvgIpc) is 2.26. The lowest BCUT2D eigenvalue weighted by Crippen LogP contribution is -1.80. The molecule has 0 saturated carbocycles. The van der Waals surface area contributed by atoms with Crippen LogP contribution in [0.4, 0.5) is 0 Å². The molecular formula is C12H11NS. The molecule has 2 aromatic rings. The molecule has 2 rings (SSSR count). The molecule has 0 unspecified atom stereocenters. The summed E-state index contributed by atoms with van der Waals surface area (Å²) in [7, 11) is 0. The van der Waals surface area contributed by atoms with Gasteiger partial charge in [-0.1, -0.05) is 30.4 Å². The van der Waals surface area contributed by atoms with E-state index in [9.17, 15) is 0 Å². The molecular weight excluding hydrogens is 190 g/mol. The van der Waals surface area contributed by atoms with Crippen molar-refractivity contribution in [1.29, 1.82) is 0 Å². The van der Waals surface area contributed by atoms with Crippen LogP contribution in [0.3, 0.4) is 0 Å². The molecule has 1 aromatic carbocycles. The third-order valence-electron chi connectivity index (χ3n) is 2.03. The third kappa shape index (κ3) is 1.96. The minimum absolute atomic E-state index is 0.757. The largest absolute Gasteiger partial charge is 0.256 e. The number of aromatic nitrogens is 1. The van der Waals surface area contributed by atoms with Crippen LogP contribution in [0.15, 0.2) is 42.6 Å². The normalized spacial score (nSPS) is 11.2. The number of rotatable bonds is 2. The number of hydrogen-bond donors (Lipinski definition) is 1. The number of fused-ring (bicyclic) bond motifs is 1. The standard InChI is InChI=1S/C12H11NS/c14-7-3-4-10-8-11-5-1-2-6-12(11)13-9-10/h1-6,8-9,14H,7H2/b4-3+. The fraction of sp³-hybridized carbons (Fsp3) is 0.0833. The van der Waals surface area contributed by atoms with Gasteiger partial charge >= 0.3 is 0 Å². The van der Waals surface area contributed by atoms with Crippen molar-refractivity contribution < 1.29 is 0 Å². The summed E-state index contributed by atoms with van der Waals surface area (Å²) >= 11 is 4.12. The van der Waals surface area contributed by atoms with Crippen LogP contribution in [0.1, 0.15) is 5.56 Å². The number of pyridine rings is 1. The zero-order valence-corrected chi connectivity index (χ0v) is 8.61. The molecule has 1 heterocycles. The van der Waals surface area contributed by atoms with Crippen molar-refractivity contribution in [1.82, 2.24) is 4.98 Å². The minimum Gasteiger partial charge on any atom is -0.256 e. The molecule has 0 N–H and O–H groups in total. The SMILES string of the molecule is SC/C=C/c1cnc2ccccc2c1. The number of thiol groups is 1. The van der Waals surface area contributed by atoms with E-state index >= 15 is 0 Å². The summed E-state index contributed by atoms with van der Waals surface area (Å²) in [5, 5.41) is 1.17. The minimum atomic E-state index is 0.757. The van der Waals surface area contributed by atoms with Crippen LogP contribution in [0, 0.1) is 0 Å². The lowest BCUT2D eigenvalue weighted by atomic mass is 10.1. The van der Waals surface area contributed by atoms with Crippen molar-refractivity contribution in [3.8, 4) is 0 Å². The predicted molar refractivity (Wildman–Crippen MR) is 64.6 cm³/mol. The van der Waals surface area contributed by atoms with Gasteiger partial charge in [-0.3, -0.25) is 4.98 Å². The summed E-state index contributed by atoms with van der Waals surface area (Å²) < 4.78 is 0. The molecule has 0 amide bonds. The molecule has 0 atom stereocenters. The van der Waals surface area contributed by atoms with Gasteiger partial charge in [0, 0.05) is 17.3 Å². The van der Waals surface area contributed by atoms with Crippen molar-refractivity contribution in [2.75, 3.05) is 5.75 Å². The van der Waals surface area contributed by atoms with E-state index in [4.69, 9.17) is 0 Å². The van der Waals surface area contributed by atoms with Crippen molar-refractivity contribution >= 4 is 29.6 Å². The maximum atomic E-state index is 4.36. The second kappa shape index (κ2) is 4.29. The number of para-hydroxylation sites is 1. The molecule has 0 saturated heterocycles. The molecule has 0 aliphatic carbocycles. The predicted octanol–water partition coefficient (Wildman–Crippen LogP) is 3.18. The van der Waals surface area contributed by atoms with Crippen molar-refractivity contribution in [2.45, 2.75) is 0 Å². The topological polar surface area (TPSA) is 12.9 Å². The van der Waals surface area contributed by atoms with Gasteiger partial charge in [0.05, 0.1) is 5.52 Å². The smallest absolute Gasteiger partial charge is 0.0702 e. The Hall–Kier alpha value is -1.28. The Morgan fingerprint density at radius 1 is 1.29 bits per heavy atom. The highest BCUT2D eigenvalue weighted by Gasteiger charge is 1.93. The third-order valence-corrected chi connectivity index (χ3v) is 2.24. The monoisotopic (exact) mass is 201 g/mol. The zero-order chi connectivity index (χ0) is 9.80. The van der Waals surface area contributed by atoms with Crippen LogP contribution < -0.4 is 0 Å². The maximum absolute atomic E-state index is 4.36. The highest BCUT2D eigenvalue weighted by atomic mass is 32.1. The molecule has 0 aliphatic heterocycles. The van der Waals surface area contributed by atoms with Crippen LogP contribution in [0.25, 0.3) is 17.0 Å². The van der Waals surface area contributed by atoms with E-state index in [2.05, 4.69) is 29.7 Å². The van der Waals surface area contributed by atoms with E-state index in [0.717, 1.165) is 16.8 Å². The molecule has 0 aliphatic rings. The molecule has 0 radical (unpaired) electrons. The molecule has 0 spiro atoms. The second-order valence-electron chi connectivity index (χ2n) is 3.05. The first-order chi connectivity index (χ1) is 6.90. The van der Waals surface area contributed by atoms with Crippen LogP contribution >= 0.6 is 12.6 Å². The first kappa shape index (κ1) is 9.28. The van der Waals surface area contributed by atoms with E-state index in [1.807, 2.05) is 36.5 Å². The Morgan fingerprint density at radius 3 is 3.00 bits per heavy atom. The van der Waals surface area contributed by atoms with Crippen LogP contribution in [0.2, 0.25) is 0 Å². The summed E-state index contributed by atoms with van der Waals surface area (Å²) in [5.74, 6) is 0.757. The van der Waals surface area contributed by atoms with Gasteiger partial charge in [0.25, 0.3) is 0 Å². The van der Waals surface area contributed by atoms with Gasteiger partial charge in [-0.25, -0.2) is 0 Å². The van der Waals surface area contributed by atoms with Gasteiger partial charge in [-0.15, -0.1) is 0 Å². The van der Waals surface area contributed by atoms with Gasteiger partial charge in [-0.05, 0) is 17.7 Å². The zero-order valence-electron chi connectivity index (χ0n) is 7.72. The molecule has 0 bridgehead atoms. The van der Waals surface area contributed by atoms with Crippen molar-refractivity contribution in [3.63, 3.8) is 0 Å². The molecule has 0 fully saturated rings. The summed E-state index contributed by atoms with van der Waals surface area (Å²) in [4.78, 5) is 4.36. The van der Waals surface area contributed by atoms with E-state index in [-0.39, 0.29) is 0 Å². The van der Waals surface area contributed by atoms with E-state index in [0.29, 0.717) is 0 Å². The first-order valence-corrected chi connectivity index (χ1v) is 5.15. The van der Waals surface area contributed by atoms with Crippen LogP contribution in [-0.2, 0) is 0 Å². The second-order valence-corrected chi connectivity index (χ2v) is 3.41. The molecule has 70 valence electrons. The van der Waals surface area contributed by atoms with Crippen molar-refractivity contribution in [2.24, 2.45) is 0 Å². The summed E-state index contributed by atoms with van der Waals surface area (Å²) in [6.45, 7) is 0. The molecule has 1 nitrogen and oxygen atoms in total. The highest BCUT2D eigenvalue weighted by molar-refractivity contribution is 7.80. The van der Waals surface area contributed by atoms with E-state index < -0.39 is 0 Å². The van der Waals surface area contributed by atoms with Crippen molar-refractivity contribution in [3.05, 3.63) is 48.2 Å². The quantitative estimate of drug-likeness (QED) is 0.736. The Labute approximate surface area is 88.9 Å². The molecule has 2 heteroatoms.